The summed E-state index contributed by atoms with van der Waals surface area (Å²) in [7, 11) is 0. The molecule has 1 saturated heterocycles. The highest BCUT2D eigenvalue weighted by Crippen LogP contribution is 2.25. The molecule has 0 radical (unpaired) electrons. The first-order chi connectivity index (χ1) is 7.83. The minimum atomic E-state index is -0.496. The van der Waals surface area contributed by atoms with E-state index in [0.717, 1.165) is 6.42 Å². The van der Waals surface area contributed by atoms with Crippen LogP contribution in [0.4, 0.5) is 4.79 Å². The first-order valence-electron chi connectivity index (χ1n) is 5.84. The maximum atomic E-state index is 11.9. The van der Waals surface area contributed by atoms with Crippen molar-refractivity contribution < 1.29 is 19.6 Å². The molecule has 2 unspecified atom stereocenters. The quantitative estimate of drug-likeness (QED) is 0.739. The maximum Gasteiger partial charge on any atom is 0.410 e. The summed E-state index contributed by atoms with van der Waals surface area (Å²) < 4.78 is 5.33. The Hall–Kier alpha value is -0.850. The number of carbonyl (C=O) groups excluding carboxylic acids is 1. The van der Waals surface area contributed by atoms with Crippen molar-refractivity contribution in [3.05, 3.63) is 0 Å². The van der Waals surface area contributed by atoms with Gasteiger partial charge in [0.2, 0.25) is 0 Å². The van der Waals surface area contributed by atoms with Crippen LogP contribution in [0.15, 0.2) is 0 Å². The van der Waals surface area contributed by atoms with Crippen molar-refractivity contribution in [3.63, 3.8) is 0 Å². The molecule has 0 spiro atoms. The lowest BCUT2D eigenvalue weighted by Crippen LogP contribution is -2.42. The third-order valence-corrected chi connectivity index (χ3v) is 2.59. The second kappa shape index (κ2) is 5.66. The van der Waals surface area contributed by atoms with Gasteiger partial charge in [-0.1, -0.05) is 12.6 Å². The normalized spacial score (nSPS) is 25.1. The topological polar surface area (TPSA) is 71.0 Å². The lowest BCUT2D eigenvalue weighted by molar-refractivity contribution is -0.137. The standard InChI is InChI=1S/C11H22N2O4/c1-8-5-9(7-16-12-15)13(6-8)10(14)17-11(2,3)4/h8-9,12,15H,5-7H2,1-4H3. The summed E-state index contributed by atoms with van der Waals surface area (Å²) in [5, 5.41) is 8.40. The van der Waals surface area contributed by atoms with Crippen LogP contribution in [0.25, 0.3) is 0 Å². The highest BCUT2D eigenvalue weighted by Gasteiger charge is 2.35. The van der Waals surface area contributed by atoms with Gasteiger partial charge < -0.3 is 9.64 Å². The Morgan fingerprint density at radius 3 is 2.71 bits per heavy atom. The van der Waals surface area contributed by atoms with Crippen LogP contribution in [0.3, 0.4) is 0 Å². The summed E-state index contributed by atoms with van der Waals surface area (Å²) in [4.78, 5) is 18.3. The number of hydrogen-bond acceptors (Lipinski definition) is 5. The molecule has 6 nitrogen and oxygen atoms in total. The second-order valence-corrected chi connectivity index (χ2v) is 5.53. The average molecular weight is 246 g/mol. The Kier molecular flexibility index (Phi) is 4.73. The van der Waals surface area contributed by atoms with Gasteiger partial charge in [-0.3, -0.25) is 10.0 Å². The number of nitrogens with zero attached hydrogens (tertiary/aromatic N) is 1. The molecule has 2 atom stereocenters. The molecule has 1 amide bonds. The number of ether oxygens (including phenoxy) is 1. The highest BCUT2D eigenvalue weighted by atomic mass is 16.8. The van der Waals surface area contributed by atoms with Gasteiger partial charge in [-0.2, -0.15) is 0 Å². The van der Waals surface area contributed by atoms with E-state index in [4.69, 9.17) is 14.8 Å². The maximum absolute atomic E-state index is 11.9. The Morgan fingerprint density at radius 1 is 1.53 bits per heavy atom. The molecule has 100 valence electrons. The molecule has 0 aliphatic carbocycles. The van der Waals surface area contributed by atoms with Gasteiger partial charge in [0.1, 0.15) is 5.60 Å². The molecular formula is C11H22N2O4. The van der Waals surface area contributed by atoms with Crippen molar-refractivity contribution in [2.24, 2.45) is 5.92 Å². The van der Waals surface area contributed by atoms with Crippen LogP contribution in [-0.4, -0.2) is 41.0 Å². The monoisotopic (exact) mass is 246 g/mol. The zero-order valence-corrected chi connectivity index (χ0v) is 10.9. The molecule has 17 heavy (non-hydrogen) atoms. The number of hydrogen-bond donors (Lipinski definition) is 2. The van der Waals surface area contributed by atoms with Gasteiger partial charge in [0.25, 0.3) is 0 Å². The minimum absolute atomic E-state index is 0.0560. The van der Waals surface area contributed by atoms with Gasteiger partial charge in [0.05, 0.1) is 12.6 Å². The Balaban J connectivity index is 2.57. The van der Waals surface area contributed by atoms with E-state index in [1.54, 1.807) is 10.5 Å². The van der Waals surface area contributed by atoms with Gasteiger partial charge >= 0.3 is 6.09 Å². The lowest BCUT2D eigenvalue weighted by atomic mass is 10.1. The summed E-state index contributed by atoms with van der Waals surface area (Å²) in [5.74, 6) is 0.412. The number of rotatable bonds is 3. The number of carbonyl (C=O) groups is 1. The minimum Gasteiger partial charge on any atom is -0.444 e. The smallest absolute Gasteiger partial charge is 0.410 e. The first kappa shape index (κ1) is 14.2. The van der Waals surface area contributed by atoms with Crippen molar-refractivity contribution in [3.8, 4) is 0 Å². The fourth-order valence-electron chi connectivity index (χ4n) is 1.99. The molecule has 2 N–H and O–H groups in total. The fraction of sp³-hybridized carbons (Fsp3) is 0.909. The number of likely N-dealkylation sites (tertiary alicyclic amines) is 1. The molecule has 1 heterocycles. The van der Waals surface area contributed by atoms with Gasteiger partial charge in [-0.05, 0) is 33.1 Å². The van der Waals surface area contributed by atoms with Crippen molar-refractivity contribution in [1.82, 2.24) is 10.5 Å². The van der Waals surface area contributed by atoms with Gasteiger partial charge in [0.15, 0.2) is 0 Å². The van der Waals surface area contributed by atoms with Crippen LogP contribution in [0.5, 0.6) is 0 Å². The van der Waals surface area contributed by atoms with Crippen molar-refractivity contribution in [2.45, 2.75) is 45.8 Å². The van der Waals surface area contributed by atoms with Crippen molar-refractivity contribution in [2.75, 3.05) is 13.2 Å². The second-order valence-electron chi connectivity index (χ2n) is 5.53. The fourth-order valence-corrected chi connectivity index (χ4v) is 1.99. The van der Waals surface area contributed by atoms with Crippen LogP contribution in [-0.2, 0) is 9.57 Å². The predicted octanol–water partition coefficient (Wildman–Crippen LogP) is 1.54. The van der Waals surface area contributed by atoms with E-state index < -0.39 is 5.60 Å². The van der Waals surface area contributed by atoms with E-state index in [1.807, 2.05) is 20.8 Å². The predicted molar refractivity (Wildman–Crippen MR) is 61.4 cm³/mol. The summed E-state index contributed by atoms with van der Waals surface area (Å²) in [6, 6.07) is -0.0560. The molecule has 0 aromatic carbocycles. The van der Waals surface area contributed by atoms with E-state index in [-0.39, 0.29) is 18.7 Å². The molecule has 1 aliphatic heterocycles. The summed E-state index contributed by atoms with van der Waals surface area (Å²) >= 11 is 0. The molecular weight excluding hydrogens is 224 g/mol. The zero-order valence-electron chi connectivity index (χ0n) is 10.9. The first-order valence-corrected chi connectivity index (χ1v) is 5.84. The van der Waals surface area contributed by atoms with Crippen molar-refractivity contribution >= 4 is 6.09 Å². The third-order valence-electron chi connectivity index (χ3n) is 2.59. The molecule has 1 aliphatic rings. The molecule has 0 bridgehead atoms. The largest absolute Gasteiger partial charge is 0.444 e. The van der Waals surface area contributed by atoms with Crippen LogP contribution in [0.1, 0.15) is 34.1 Å². The SMILES string of the molecule is CC1CC(CONO)N(C(=O)OC(C)(C)C)C1. The molecule has 0 aromatic heterocycles. The van der Waals surface area contributed by atoms with Crippen LogP contribution in [0.2, 0.25) is 0 Å². The molecule has 1 rings (SSSR count). The molecule has 0 saturated carbocycles. The Bertz CT molecular complexity index is 265. The number of amides is 1. The summed E-state index contributed by atoms with van der Waals surface area (Å²) in [6.07, 6.45) is 0.523. The van der Waals surface area contributed by atoms with Crippen LogP contribution >= 0.6 is 0 Å². The van der Waals surface area contributed by atoms with E-state index in [9.17, 15) is 4.79 Å². The molecule has 1 fully saturated rings. The molecule has 6 heteroatoms. The van der Waals surface area contributed by atoms with Gasteiger partial charge in [-0.25, -0.2) is 4.79 Å². The van der Waals surface area contributed by atoms with Crippen LogP contribution in [0, 0.1) is 5.92 Å². The third kappa shape index (κ3) is 4.49. The summed E-state index contributed by atoms with van der Waals surface area (Å²) in [5.41, 5.74) is 1.14. The van der Waals surface area contributed by atoms with Gasteiger partial charge in [0, 0.05) is 6.54 Å². The zero-order chi connectivity index (χ0) is 13.1. The lowest BCUT2D eigenvalue weighted by Gasteiger charge is -2.28. The number of nitrogens with one attached hydrogen (secondary N) is 1. The Morgan fingerprint density at radius 2 is 2.18 bits per heavy atom. The highest BCUT2D eigenvalue weighted by molar-refractivity contribution is 5.69. The summed E-state index contributed by atoms with van der Waals surface area (Å²) in [6.45, 7) is 8.50. The van der Waals surface area contributed by atoms with E-state index >= 15 is 0 Å². The van der Waals surface area contributed by atoms with E-state index in [0.29, 0.717) is 12.5 Å². The van der Waals surface area contributed by atoms with E-state index in [2.05, 4.69) is 6.92 Å². The van der Waals surface area contributed by atoms with Gasteiger partial charge in [-0.15, -0.1) is 0 Å². The van der Waals surface area contributed by atoms with E-state index in [1.165, 1.54) is 0 Å². The average Bonchev–Trinajstić information content (AvgIpc) is 2.54. The Labute approximate surface area is 102 Å². The van der Waals surface area contributed by atoms with Crippen molar-refractivity contribution in [1.29, 1.82) is 0 Å². The van der Waals surface area contributed by atoms with Crippen LogP contribution < -0.4 is 5.64 Å². The molecule has 0 aromatic rings.